The molecule has 0 aliphatic carbocycles. The third kappa shape index (κ3) is 6.07. The molecule has 0 saturated carbocycles. The van der Waals surface area contributed by atoms with Crippen molar-refractivity contribution in [3.63, 3.8) is 0 Å². The van der Waals surface area contributed by atoms with E-state index in [0.29, 0.717) is 28.4 Å². The van der Waals surface area contributed by atoms with Crippen LogP contribution in [0.2, 0.25) is 10.0 Å². The molecule has 4 aromatic rings. The number of nitrogens with one attached hydrogen (secondary N) is 1. The van der Waals surface area contributed by atoms with Gasteiger partial charge >= 0.3 is 5.69 Å². The molecule has 36 heavy (non-hydrogen) atoms. The highest BCUT2D eigenvalue weighted by Crippen LogP contribution is 2.32. The van der Waals surface area contributed by atoms with E-state index in [9.17, 15) is 20.0 Å². The van der Waals surface area contributed by atoms with Gasteiger partial charge in [0.1, 0.15) is 0 Å². The minimum atomic E-state index is -0.619. The van der Waals surface area contributed by atoms with Gasteiger partial charge in [-0.1, -0.05) is 53.5 Å². The van der Waals surface area contributed by atoms with E-state index in [4.69, 9.17) is 23.2 Å². The fourth-order valence-electron chi connectivity index (χ4n) is 3.52. The second kappa shape index (κ2) is 11.0. The van der Waals surface area contributed by atoms with Gasteiger partial charge in [-0.25, -0.2) is 0 Å². The number of anilines is 1. The number of nitrogens with zero attached hydrogens (tertiary/aromatic N) is 2. The summed E-state index contributed by atoms with van der Waals surface area (Å²) < 4.78 is 0. The zero-order chi connectivity index (χ0) is 25.7. The number of carbonyl (C=O) groups is 1. The summed E-state index contributed by atoms with van der Waals surface area (Å²) in [6.07, 6.45) is 1.84. The Morgan fingerprint density at radius 2 is 1.69 bits per heavy atom. The van der Waals surface area contributed by atoms with Crippen LogP contribution in [0.15, 0.2) is 89.9 Å². The first kappa shape index (κ1) is 24.9. The molecule has 9 heteroatoms. The predicted molar refractivity (Wildman–Crippen MR) is 142 cm³/mol. The summed E-state index contributed by atoms with van der Waals surface area (Å²) in [5.74, 6) is -0.843. The van der Waals surface area contributed by atoms with Gasteiger partial charge in [0.2, 0.25) is 5.75 Å². The van der Waals surface area contributed by atoms with E-state index in [-0.39, 0.29) is 27.7 Å². The maximum Gasteiger partial charge on any atom is 0.311 e. The standard InChI is InChI=1S/C27H19Cl2N3O4/c28-20-6-11-23(24(29)15-20)27(34)31-22-9-7-21(8-10-22)30-16-19-13-18(12-17-4-2-1-3-5-17)14-25(26(19)33)32(35)36/h1-11,13-16,33H,12H2,(H,31,34). The number of nitro benzene ring substituents is 1. The molecular formula is C27H19Cl2N3O4. The lowest BCUT2D eigenvalue weighted by atomic mass is 10.0. The lowest BCUT2D eigenvalue weighted by molar-refractivity contribution is -0.385. The topological polar surface area (TPSA) is 105 Å². The van der Waals surface area contributed by atoms with Crippen LogP contribution in [0.25, 0.3) is 0 Å². The molecule has 180 valence electrons. The molecule has 0 radical (unpaired) electrons. The van der Waals surface area contributed by atoms with E-state index in [1.807, 2.05) is 30.3 Å². The van der Waals surface area contributed by atoms with Gasteiger partial charge in [0, 0.05) is 28.6 Å². The zero-order valence-corrected chi connectivity index (χ0v) is 20.2. The lowest BCUT2D eigenvalue weighted by Crippen LogP contribution is -2.12. The van der Waals surface area contributed by atoms with Crippen LogP contribution in [0.3, 0.4) is 0 Å². The minimum absolute atomic E-state index is 0.227. The molecule has 0 aliphatic heterocycles. The third-order valence-electron chi connectivity index (χ3n) is 5.28. The second-order valence-corrected chi connectivity index (χ2v) is 8.70. The molecule has 0 fully saturated rings. The number of carbonyl (C=O) groups excluding carboxylic acids is 1. The fraction of sp³-hybridized carbons (Fsp3) is 0.0370. The molecule has 0 bridgehead atoms. The molecule has 0 spiro atoms. The monoisotopic (exact) mass is 519 g/mol. The van der Waals surface area contributed by atoms with Crippen LogP contribution in [0.1, 0.15) is 27.0 Å². The summed E-state index contributed by atoms with van der Waals surface area (Å²) >= 11 is 12.0. The van der Waals surface area contributed by atoms with Crippen molar-refractivity contribution in [3.05, 3.63) is 127 Å². The molecule has 4 rings (SSSR count). The van der Waals surface area contributed by atoms with Gasteiger partial charge in [-0.05, 0) is 66.1 Å². The fourth-order valence-corrected chi connectivity index (χ4v) is 4.01. The molecular weight excluding hydrogens is 501 g/mol. The van der Waals surface area contributed by atoms with E-state index in [1.165, 1.54) is 24.4 Å². The van der Waals surface area contributed by atoms with E-state index in [2.05, 4.69) is 10.3 Å². The molecule has 4 aromatic carbocycles. The number of rotatable bonds is 7. The van der Waals surface area contributed by atoms with Gasteiger partial charge in [0.05, 0.1) is 21.2 Å². The summed E-state index contributed by atoms with van der Waals surface area (Å²) in [5.41, 5.74) is 2.83. The molecule has 1 amide bonds. The first-order valence-corrected chi connectivity index (χ1v) is 11.5. The van der Waals surface area contributed by atoms with Gasteiger partial charge in [-0.2, -0.15) is 0 Å². The summed E-state index contributed by atoms with van der Waals surface area (Å²) in [4.78, 5) is 27.7. The summed E-state index contributed by atoms with van der Waals surface area (Å²) in [6, 6.07) is 23.8. The number of nitro groups is 1. The van der Waals surface area contributed by atoms with E-state index in [1.54, 1.807) is 36.4 Å². The van der Waals surface area contributed by atoms with Crippen LogP contribution in [0.4, 0.5) is 17.1 Å². The molecule has 0 saturated heterocycles. The van der Waals surface area contributed by atoms with Gasteiger partial charge < -0.3 is 10.4 Å². The van der Waals surface area contributed by atoms with Crippen LogP contribution in [-0.2, 0) is 6.42 Å². The number of phenolic OH excluding ortho intramolecular Hbond substituents is 1. The normalized spacial score (nSPS) is 10.9. The van der Waals surface area contributed by atoms with Crippen molar-refractivity contribution in [1.82, 2.24) is 0 Å². The maximum atomic E-state index is 12.5. The van der Waals surface area contributed by atoms with Crippen LogP contribution in [0.5, 0.6) is 5.75 Å². The molecule has 0 atom stereocenters. The van der Waals surface area contributed by atoms with Crippen LogP contribution in [-0.4, -0.2) is 22.2 Å². The van der Waals surface area contributed by atoms with Gasteiger partial charge in [0.25, 0.3) is 5.91 Å². The largest absolute Gasteiger partial charge is 0.502 e. The van der Waals surface area contributed by atoms with Crippen molar-refractivity contribution in [2.24, 2.45) is 4.99 Å². The summed E-state index contributed by atoms with van der Waals surface area (Å²) in [7, 11) is 0. The SMILES string of the molecule is O=C(Nc1ccc(N=Cc2cc(Cc3ccccc3)cc([N+](=O)[O-])c2O)cc1)c1ccc(Cl)cc1Cl. The molecule has 0 unspecified atom stereocenters. The zero-order valence-electron chi connectivity index (χ0n) is 18.7. The van der Waals surface area contributed by atoms with E-state index in [0.717, 1.165) is 5.56 Å². The maximum absolute atomic E-state index is 12.5. The minimum Gasteiger partial charge on any atom is -0.502 e. The van der Waals surface area contributed by atoms with E-state index < -0.39 is 10.7 Å². The van der Waals surface area contributed by atoms with Crippen molar-refractivity contribution in [3.8, 4) is 5.75 Å². The van der Waals surface area contributed by atoms with Crippen molar-refractivity contribution in [2.75, 3.05) is 5.32 Å². The number of hydrogen-bond donors (Lipinski definition) is 2. The first-order chi connectivity index (χ1) is 17.3. The summed E-state index contributed by atoms with van der Waals surface area (Å²) in [6.45, 7) is 0. The molecule has 2 N–H and O–H groups in total. The summed E-state index contributed by atoms with van der Waals surface area (Å²) in [5, 5.41) is 25.3. The Balaban J connectivity index is 1.52. The molecule has 0 aromatic heterocycles. The van der Waals surface area contributed by atoms with Gasteiger partial charge in [0.15, 0.2) is 0 Å². The van der Waals surface area contributed by atoms with Crippen LogP contribution in [0, 0.1) is 10.1 Å². The van der Waals surface area contributed by atoms with Crippen molar-refractivity contribution in [1.29, 1.82) is 0 Å². The average molecular weight is 520 g/mol. The molecule has 0 heterocycles. The van der Waals surface area contributed by atoms with Crippen molar-refractivity contribution >= 4 is 52.4 Å². The molecule has 0 aliphatic rings. The van der Waals surface area contributed by atoms with E-state index >= 15 is 0 Å². The predicted octanol–water partition coefficient (Wildman–Crippen LogP) is 7.20. The number of aliphatic imine (C=N–C) groups is 1. The second-order valence-electron chi connectivity index (χ2n) is 7.86. The highest BCUT2D eigenvalue weighted by Gasteiger charge is 2.18. The van der Waals surface area contributed by atoms with Crippen LogP contribution < -0.4 is 5.32 Å². The van der Waals surface area contributed by atoms with Gasteiger partial charge in [-0.3, -0.25) is 19.9 Å². The van der Waals surface area contributed by atoms with Crippen molar-refractivity contribution < 1.29 is 14.8 Å². The van der Waals surface area contributed by atoms with Gasteiger partial charge in [-0.15, -0.1) is 0 Å². The lowest BCUT2D eigenvalue weighted by Gasteiger charge is -2.08. The number of hydrogen-bond acceptors (Lipinski definition) is 5. The van der Waals surface area contributed by atoms with Crippen molar-refractivity contribution in [2.45, 2.75) is 6.42 Å². The number of benzene rings is 4. The Kier molecular flexibility index (Phi) is 7.63. The third-order valence-corrected chi connectivity index (χ3v) is 5.83. The Morgan fingerprint density at radius 3 is 2.36 bits per heavy atom. The molecule has 7 nitrogen and oxygen atoms in total. The first-order valence-electron chi connectivity index (χ1n) is 10.7. The number of phenols is 1. The van der Waals surface area contributed by atoms with Crippen LogP contribution >= 0.6 is 23.2 Å². The average Bonchev–Trinajstić information content (AvgIpc) is 2.85. The highest BCUT2D eigenvalue weighted by molar-refractivity contribution is 6.37. The number of amides is 1. The quantitative estimate of drug-likeness (QED) is 0.153. The Morgan fingerprint density at radius 1 is 0.972 bits per heavy atom. The Hall–Kier alpha value is -4.20. The highest BCUT2D eigenvalue weighted by atomic mass is 35.5. The Labute approximate surface area is 216 Å². The smallest absolute Gasteiger partial charge is 0.311 e. The number of aromatic hydroxyl groups is 1. The number of halogens is 2. The Bertz CT molecular complexity index is 1460.